The van der Waals surface area contributed by atoms with Crippen molar-refractivity contribution in [3.8, 4) is 0 Å². The van der Waals surface area contributed by atoms with Crippen LogP contribution in [0, 0.1) is 0 Å². The van der Waals surface area contributed by atoms with Gasteiger partial charge >= 0.3 is 0 Å². The van der Waals surface area contributed by atoms with Gasteiger partial charge in [0.1, 0.15) is 0 Å². The van der Waals surface area contributed by atoms with Crippen molar-refractivity contribution in [3.05, 3.63) is 0 Å². The van der Waals surface area contributed by atoms with Crippen LogP contribution in [0.1, 0.15) is 19.8 Å². The minimum atomic E-state index is -0.203. The highest BCUT2D eigenvalue weighted by atomic mass is 16.5. The molecule has 0 spiro atoms. The molecule has 1 aliphatic heterocycles. The molecule has 2 heteroatoms. The molecule has 0 amide bonds. The highest BCUT2D eigenvalue weighted by molar-refractivity contribution is 4.64. The molecule has 0 saturated carbocycles. The smallest absolute Gasteiger partial charge is 0.0774 e. The predicted octanol–water partition coefficient (Wildman–Crippen LogP) is 0.546. The fraction of sp³-hybridized carbons (Fsp3) is 1.00. The van der Waals surface area contributed by atoms with Crippen molar-refractivity contribution in [2.75, 3.05) is 6.61 Å². The largest absolute Gasteiger partial charge is 0.391 e. The van der Waals surface area contributed by atoms with Crippen LogP contribution in [-0.2, 0) is 4.74 Å². The monoisotopic (exact) mass is 116 g/mol. The van der Waals surface area contributed by atoms with Gasteiger partial charge in [-0.15, -0.1) is 0 Å². The Morgan fingerprint density at radius 2 is 2.25 bits per heavy atom. The van der Waals surface area contributed by atoms with Gasteiger partial charge in [-0.1, -0.05) is 0 Å². The molecule has 2 atom stereocenters. The van der Waals surface area contributed by atoms with Gasteiger partial charge in [0.25, 0.3) is 0 Å². The Morgan fingerprint density at radius 1 is 1.50 bits per heavy atom. The molecule has 1 unspecified atom stereocenters. The van der Waals surface area contributed by atoms with Crippen LogP contribution in [0.3, 0.4) is 0 Å². The maximum atomic E-state index is 8.90. The van der Waals surface area contributed by atoms with Gasteiger partial charge < -0.3 is 9.84 Å². The number of hydrogen-bond donors (Lipinski definition) is 1. The average molecular weight is 116 g/mol. The minimum Gasteiger partial charge on any atom is -0.391 e. The summed E-state index contributed by atoms with van der Waals surface area (Å²) in [6.07, 6.45) is 2.06. The summed E-state index contributed by atoms with van der Waals surface area (Å²) in [5.74, 6) is 0. The number of hydrogen-bond acceptors (Lipinski definition) is 2. The summed E-state index contributed by atoms with van der Waals surface area (Å²) in [5, 5.41) is 8.90. The molecular weight excluding hydrogens is 104 g/mol. The van der Waals surface area contributed by atoms with Crippen molar-refractivity contribution in [1.29, 1.82) is 0 Å². The van der Waals surface area contributed by atoms with E-state index in [1.165, 1.54) is 0 Å². The zero-order chi connectivity index (χ0) is 5.98. The molecule has 1 N–H and O–H groups in total. The fourth-order valence-corrected chi connectivity index (χ4v) is 0.869. The van der Waals surface area contributed by atoms with Gasteiger partial charge in [0.15, 0.2) is 0 Å². The molecule has 0 radical (unpaired) electrons. The quantitative estimate of drug-likeness (QED) is 0.500. The summed E-state index contributed by atoms with van der Waals surface area (Å²) in [6.45, 7) is 2.56. The molecular formula is C6H12O2. The first-order valence-electron chi connectivity index (χ1n) is 3.08. The number of aliphatic hydroxyl groups is 1. The van der Waals surface area contributed by atoms with Gasteiger partial charge in [-0.2, -0.15) is 0 Å². The van der Waals surface area contributed by atoms with Gasteiger partial charge in [-0.25, -0.2) is 0 Å². The van der Waals surface area contributed by atoms with Crippen LogP contribution in [0.15, 0.2) is 0 Å². The molecule has 1 saturated heterocycles. The SMILES string of the molecule is CC1CC[C@H](O)CO1. The van der Waals surface area contributed by atoms with E-state index in [-0.39, 0.29) is 6.10 Å². The summed E-state index contributed by atoms with van der Waals surface area (Å²) in [7, 11) is 0. The Labute approximate surface area is 49.5 Å². The van der Waals surface area contributed by atoms with Crippen molar-refractivity contribution >= 4 is 0 Å². The van der Waals surface area contributed by atoms with E-state index < -0.39 is 0 Å². The van der Waals surface area contributed by atoms with E-state index in [1.807, 2.05) is 6.92 Å². The topological polar surface area (TPSA) is 29.5 Å². The Morgan fingerprint density at radius 3 is 2.62 bits per heavy atom. The van der Waals surface area contributed by atoms with Crippen LogP contribution in [0.25, 0.3) is 0 Å². The van der Waals surface area contributed by atoms with Crippen molar-refractivity contribution in [2.45, 2.75) is 32.0 Å². The van der Waals surface area contributed by atoms with Gasteiger partial charge in [-0.3, -0.25) is 0 Å². The van der Waals surface area contributed by atoms with Crippen molar-refractivity contribution in [2.24, 2.45) is 0 Å². The molecule has 48 valence electrons. The van der Waals surface area contributed by atoms with Crippen LogP contribution in [0.5, 0.6) is 0 Å². The Hall–Kier alpha value is -0.0800. The van der Waals surface area contributed by atoms with E-state index in [9.17, 15) is 0 Å². The molecule has 0 aliphatic carbocycles. The summed E-state index contributed by atoms with van der Waals surface area (Å²) >= 11 is 0. The lowest BCUT2D eigenvalue weighted by Gasteiger charge is -2.22. The van der Waals surface area contributed by atoms with Crippen molar-refractivity contribution < 1.29 is 9.84 Å². The third-order valence-corrected chi connectivity index (χ3v) is 1.48. The molecule has 0 bridgehead atoms. The molecule has 8 heavy (non-hydrogen) atoms. The molecule has 0 aromatic rings. The second-order valence-electron chi connectivity index (χ2n) is 2.38. The average Bonchev–Trinajstić information content (AvgIpc) is 1.77. The predicted molar refractivity (Wildman–Crippen MR) is 30.7 cm³/mol. The zero-order valence-electron chi connectivity index (χ0n) is 5.13. The van der Waals surface area contributed by atoms with E-state index in [0.29, 0.717) is 12.7 Å². The highest BCUT2D eigenvalue weighted by Crippen LogP contribution is 2.11. The molecule has 0 aromatic carbocycles. The van der Waals surface area contributed by atoms with Crippen LogP contribution in [0.2, 0.25) is 0 Å². The molecule has 1 heterocycles. The van der Waals surface area contributed by atoms with Crippen LogP contribution >= 0.6 is 0 Å². The lowest BCUT2D eigenvalue weighted by Crippen LogP contribution is -2.26. The normalized spacial score (nSPS) is 39.8. The van der Waals surface area contributed by atoms with Crippen molar-refractivity contribution in [1.82, 2.24) is 0 Å². The van der Waals surface area contributed by atoms with E-state index in [0.717, 1.165) is 12.8 Å². The van der Waals surface area contributed by atoms with E-state index >= 15 is 0 Å². The van der Waals surface area contributed by atoms with Crippen LogP contribution in [-0.4, -0.2) is 23.9 Å². The third-order valence-electron chi connectivity index (χ3n) is 1.48. The first-order valence-corrected chi connectivity index (χ1v) is 3.08. The summed E-state index contributed by atoms with van der Waals surface area (Å²) in [4.78, 5) is 0. The maximum Gasteiger partial charge on any atom is 0.0774 e. The first-order chi connectivity index (χ1) is 3.79. The molecule has 2 nitrogen and oxygen atoms in total. The summed E-state index contributed by atoms with van der Waals surface area (Å²) < 4.78 is 5.14. The lowest BCUT2D eigenvalue weighted by atomic mass is 10.1. The van der Waals surface area contributed by atoms with Gasteiger partial charge in [0, 0.05) is 0 Å². The molecule has 0 aromatic heterocycles. The Bertz CT molecular complexity index is 54.9. The van der Waals surface area contributed by atoms with Gasteiger partial charge in [0.2, 0.25) is 0 Å². The molecule has 1 fully saturated rings. The fourth-order valence-electron chi connectivity index (χ4n) is 0.869. The zero-order valence-corrected chi connectivity index (χ0v) is 5.13. The second-order valence-corrected chi connectivity index (χ2v) is 2.38. The molecule has 1 rings (SSSR count). The minimum absolute atomic E-state index is 0.203. The standard InChI is InChI=1S/C6H12O2/c1-5-2-3-6(7)4-8-5/h5-7H,2-4H2,1H3/t5?,6-/m0/s1. The van der Waals surface area contributed by atoms with E-state index in [4.69, 9.17) is 9.84 Å². The highest BCUT2D eigenvalue weighted by Gasteiger charge is 2.14. The number of ether oxygens (including phenoxy) is 1. The Balaban J connectivity index is 2.19. The lowest BCUT2D eigenvalue weighted by molar-refractivity contribution is -0.0472. The molecule has 1 aliphatic rings. The van der Waals surface area contributed by atoms with E-state index in [2.05, 4.69) is 0 Å². The second kappa shape index (κ2) is 2.46. The number of rotatable bonds is 0. The van der Waals surface area contributed by atoms with E-state index in [1.54, 1.807) is 0 Å². The third kappa shape index (κ3) is 1.46. The Kier molecular flexibility index (Phi) is 1.86. The number of aliphatic hydroxyl groups excluding tert-OH is 1. The van der Waals surface area contributed by atoms with Gasteiger partial charge in [-0.05, 0) is 19.8 Å². The first kappa shape index (κ1) is 6.05. The maximum absolute atomic E-state index is 8.90. The van der Waals surface area contributed by atoms with Gasteiger partial charge in [0.05, 0.1) is 18.8 Å². The summed E-state index contributed by atoms with van der Waals surface area (Å²) in [5.41, 5.74) is 0. The van der Waals surface area contributed by atoms with Crippen molar-refractivity contribution in [3.63, 3.8) is 0 Å². The summed E-state index contributed by atoms with van der Waals surface area (Å²) in [6, 6.07) is 0. The van der Waals surface area contributed by atoms with Crippen LogP contribution in [0.4, 0.5) is 0 Å². The van der Waals surface area contributed by atoms with Crippen LogP contribution < -0.4 is 0 Å².